The third-order valence-electron chi connectivity index (χ3n) is 4.49. The molecule has 2 aliphatic rings. The molecule has 0 saturated carbocycles. The lowest BCUT2D eigenvalue weighted by Crippen LogP contribution is -2.45. The van der Waals surface area contributed by atoms with Gasteiger partial charge in [0, 0.05) is 31.4 Å². The Morgan fingerprint density at radius 3 is 3.00 bits per heavy atom. The van der Waals surface area contributed by atoms with Gasteiger partial charge in [-0.1, -0.05) is 19.1 Å². The molecule has 3 nitrogen and oxygen atoms in total. The third-order valence-corrected chi connectivity index (χ3v) is 4.49. The van der Waals surface area contributed by atoms with Crippen molar-refractivity contribution < 1.29 is 0 Å². The highest BCUT2D eigenvalue weighted by molar-refractivity contribution is 5.52. The minimum absolute atomic E-state index is 0.713. The molecular formula is C15H23N3. The highest BCUT2D eigenvalue weighted by Gasteiger charge is 2.29. The van der Waals surface area contributed by atoms with Gasteiger partial charge in [0.1, 0.15) is 0 Å². The Bertz CT molecular complexity index is 430. The minimum Gasteiger partial charge on any atom is -0.398 e. The van der Waals surface area contributed by atoms with Crippen LogP contribution in [0.4, 0.5) is 5.69 Å². The number of fused-ring (bicyclic) bond motifs is 1. The van der Waals surface area contributed by atoms with E-state index in [1.54, 1.807) is 0 Å². The molecule has 1 unspecified atom stereocenters. The summed E-state index contributed by atoms with van der Waals surface area (Å²) in [7, 11) is 0. The van der Waals surface area contributed by atoms with E-state index in [1.165, 1.54) is 43.6 Å². The van der Waals surface area contributed by atoms with Crippen LogP contribution in [0.1, 0.15) is 30.9 Å². The Balaban J connectivity index is 1.72. The normalized spacial score (nSPS) is 25.3. The van der Waals surface area contributed by atoms with Gasteiger partial charge in [-0.25, -0.2) is 0 Å². The van der Waals surface area contributed by atoms with Crippen molar-refractivity contribution in [3.05, 3.63) is 29.3 Å². The number of likely N-dealkylation sites (N-methyl/N-ethyl adjacent to an activating group) is 1. The number of hydrogen-bond donors (Lipinski definition) is 1. The summed E-state index contributed by atoms with van der Waals surface area (Å²) in [6, 6.07) is 7.05. The lowest BCUT2D eigenvalue weighted by Gasteiger charge is -2.37. The largest absolute Gasteiger partial charge is 0.398 e. The van der Waals surface area contributed by atoms with Crippen LogP contribution in [0.25, 0.3) is 0 Å². The molecule has 0 amide bonds. The molecule has 3 heteroatoms. The summed E-state index contributed by atoms with van der Waals surface area (Å²) in [5, 5.41) is 0. The van der Waals surface area contributed by atoms with Gasteiger partial charge >= 0.3 is 0 Å². The number of hydrogen-bond acceptors (Lipinski definition) is 3. The first-order valence-electron chi connectivity index (χ1n) is 7.10. The molecule has 0 aromatic heterocycles. The topological polar surface area (TPSA) is 32.5 Å². The summed E-state index contributed by atoms with van der Waals surface area (Å²) < 4.78 is 0. The predicted octanol–water partition coefficient (Wildman–Crippen LogP) is 2.07. The smallest absolute Gasteiger partial charge is 0.0363 e. The van der Waals surface area contributed by atoms with E-state index < -0.39 is 0 Å². The zero-order valence-electron chi connectivity index (χ0n) is 11.2. The zero-order valence-corrected chi connectivity index (χ0v) is 11.2. The number of nitrogens with two attached hydrogens (primary N) is 1. The van der Waals surface area contributed by atoms with Crippen molar-refractivity contribution in [1.82, 2.24) is 9.80 Å². The standard InChI is InChI=1S/C15H23N3/c1-2-17-8-4-6-13(10-17)18-9-12-5-3-7-15(16)14(12)11-18/h3,5,7,13H,2,4,6,8-11,16H2,1H3. The van der Waals surface area contributed by atoms with Crippen LogP contribution in [0.2, 0.25) is 0 Å². The van der Waals surface area contributed by atoms with Crippen molar-refractivity contribution in [2.24, 2.45) is 0 Å². The van der Waals surface area contributed by atoms with Crippen LogP contribution in [-0.2, 0) is 13.1 Å². The molecule has 2 heterocycles. The van der Waals surface area contributed by atoms with Gasteiger partial charge in [-0.05, 0) is 43.1 Å². The molecule has 0 bridgehead atoms. The van der Waals surface area contributed by atoms with E-state index in [0.717, 1.165) is 18.8 Å². The number of piperidine rings is 1. The summed E-state index contributed by atoms with van der Waals surface area (Å²) in [4.78, 5) is 5.18. The lowest BCUT2D eigenvalue weighted by molar-refractivity contribution is 0.0990. The van der Waals surface area contributed by atoms with Gasteiger partial charge in [-0.15, -0.1) is 0 Å². The van der Waals surface area contributed by atoms with Gasteiger partial charge in [-0.2, -0.15) is 0 Å². The van der Waals surface area contributed by atoms with E-state index in [0.29, 0.717) is 6.04 Å². The average Bonchev–Trinajstić information content (AvgIpc) is 2.84. The fraction of sp³-hybridized carbons (Fsp3) is 0.600. The van der Waals surface area contributed by atoms with Crippen LogP contribution in [0.3, 0.4) is 0 Å². The Hall–Kier alpha value is -1.06. The molecule has 0 radical (unpaired) electrons. The average molecular weight is 245 g/mol. The van der Waals surface area contributed by atoms with Gasteiger partial charge in [0.15, 0.2) is 0 Å². The molecule has 1 aromatic carbocycles. The van der Waals surface area contributed by atoms with Crippen LogP contribution in [0.5, 0.6) is 0 Å². The molecule has 1 aromatic rings. The van der Waals surface area contributed by atoms with Gasteiger partial charge < -0.3 is 10.6 Å². The number of likely N-dealkylation sites (tertiary alicyclic amines) is 1. The van der Waals surface area contributed by atoms with E-state index in [4.69, 9.17) is 5.73 Å². The van der Waals surface area contributed by atoms with E-state index >= 15 is 0 Å². The first-order chi connectivity index (χ1) is 8.78. The van der Waals surface area contributed by atoms with Crippen molar-refractivity contribution in [1.29, 1.82) is 0 Å². The third kappa shape index (κ3) is 2.13. The number of rotatable bonds is 2. The highest BCUT2D eigenvalue weighted by atomic mass is 15.2. The maximum absolute atomic E-state index is 6.08. The molecular weight excluding hydrogens is 222 g/mol. The molecule has 1 saturated heterocycles. The Morgan fingerprint density at radius 2 is 2.22 bits per heavy atom. The van der Waals surface area contributed by atoms with Crippen LogP contribution < -0.4 is 5.73 Å². The maximum atomic E-state index is 6.08. The quantitative estimate of drug-likeness (QED) is 0.810. The Kier molecular flexibility index (Phi) is 3.27. The molecule has 18 heavy (non-hydrogen) atoms. The zero-order chi connectivity index (χ0) is 12.5. The first-order valence-corrected chi connectivity index (χ1v) is 7.10. The predicted molar refractivity (Wildman–Crippen MR) is 75.2 cm³/mol. The molecule has 3 rings (SSSR count). The number of anilines is 1. The summed E-state index contributed by atoms with van der Waals surface area (Å²) >= 11 is 0. The van der Waals surface area contributed by atoms with Crippen LogP contribution in [0, 0.1) is 0 Å². The van der Waals surface area contributed by atoms with Crippen molar-refractivity contribution in [2.45, 2.75) is 38.9 Å². The SMILES string of the molecule is CCN1CCCC(N2Cc3cccc(N)c3C2)C1. The van der Waals surface area contributed by atoms with E-state index in [2.05, 4.69) is 28.9 Å². The molecule has 1 atom stereocenters. The van der Waals surface area contributed by atoms with E-state index in [-0.39, 0.29) is 0 Å². The first kappa shape index (κ1) is 12.0. The van der Waals surface area contributed by atoms with Gasteiger partial charge in [-0.3, -0.25) is 4.90 Å². The fourth-order valence-corrected chi connectivity index (χ4v) is 3.35. The molecule has 98 valence electrons. The summed E-state index contributed by atoms with van der Waals surface area (Å²) in [5.74, 6) is 0. The second-order valence-electron chi connectivity index (χ2n) is 5.58. The van der Waals surface area contributed by atoms with Gasteiger partial charge in [0.05, 0.1) is 0 Å². The van der Waals surface area contributed by atoms with Crippen molar-refractivity contribution in [3.8, 4) is 0 Å². The second kappa shape index (κ2) is 4.90. The molecule has 1 fully saturated rings. The number of benzene rings is 1. The molecule has 0 aliphatic carbocycles. The maximum Gasteiger partial charge on any atom is 0.0363 e. The summed E-state index contributed by atoms with van der Waals surface area (Å²) in [5.41, 5.74) is 9.85. The number of nitrogen functional groups attached to an aromatic ring is 1. The Morgan fingerprint density at radius 1 is 1.33 bits per heavy atom. The minimum atomic E-state index is 0.713. The number of nitrogens with zero attached hydrogens (tertiary/aromatic N) is 2. The summed E-state index contributed by atoms with van der Waals surface area (Å²) in [6.07, 6.45) is 2.67. The second-order valence-corrected chi connectivity index (χ2v) is 5.58. The van der Waals surface area contributed by atoms with Crippen LogP contribution in [-0.4, -0.2) is 35.5 Å². The summed E-state index contributed by atoms with van der Waals surface area (Å²) in [6.45, 7) is 8.08. The van der Waals surface area contributed by atoms with Gasteiger partial charge in [0.25, 0.3) is 0 Å². The Labute approximate surface area is 110 Å². The fourth-order valence-electron chi connectivity index (χ4n) is 3.35. The van der Waals surface area contributed by atoms with E-state index in [9.17, 15) is 0 Å². The molecule has 2 aliphatic heterocycles. The molecule has 2 N–H and O–H groups in total. The molecule has 0 spiro atoms. The van der Waals surface area contributed by atoms with Crippen LogP contribution in [0.15, 0.2) is 18.2 Å². The van der Waals surface area contributed by atoms with Crippen molar-refractivity contribution >= 4 is 5.69 Å². The van der Waals surface area contributed by atoms with Gasteiger partial charge in [0.2, 0.25) is 0 Å². The highest BCUT2D eigenvalue weighted by Crippen LogP contribution is 2.31. The van der Waals surface area contributed by atoms with Crippen molar-refractivity contribution in [3.63, 3.8) is 0 Å². The van der Waals surface area contributed by atoms with Crippen molar-refractivity contribution in [2.75, 3.05) is 25.4 Å². The van der Waals surface area contributed by atoms with E-state index in [1.807, 2.05) is 6.07 Å². The monoisotopic (exact) mass is 245 g/mol. The lowest BCUT2D eigenvalue weighted by atomic mass is 10.0. The van der Waals surface area contributed by atoms with Crippen LogP contribution >= 0.6 is 0 Å².